The van der Waals surface area contributed by atoms with Crippen molar-refractivity contribution in [3.05, 3.63) is 64.2 Å². The van der Waals surface area contributed by atoms with Crippen molar-refractivity contribution in [1.29, 1.82) is 0 Å². The summed E-state index contributed by atoms with van der Waals surface area (Å²) in [7, 11) is 0. The van der Waals surface area contributed by atoms with Crippen molar-refractivity contribution in [2.75, 3.05) is 6.61 Å². The average Bonchev–Trinajstić information content (AvgIpc) is 2.95. The van der Waals surface area contributed by atoms with Crippen LogP contribution in [0.1, 0.15) is 51.5 Å². The van der Waals surface area contributed by atoms with Gasteiger partial charge >= 0.3 is 11.9 Å². The number of ketones is 1. The highest BCUT2D eigenvalue weighted by atomic mass is 19.1. The zero-order valence-electron chi connectivity index (χ0n) is 16.2. The van der Waals surface area contributed by atoms with Crippen LogP contribution in [-0.4, -0.2) is 35.4 Å². The lowest BCUT2D eigenvalue weighted by Crippen LogP contribution is -2.24. The van der Waals surface area contributed by atoms with Crippen molar-refractivity contribution in [2.45, 2.75) is 33.8 Å². The second-order valence-electron chi connectivity index (χ2n) is 6.17. The van der Waals surface area contributed by atoms with Crippen LogP contribution in [0.3, 0.4) is 0 Å². The van der Waals surface area contributed by atoms with E-state index in [0.717, 1.165) is 6.08 Å². The van der Waals surface area contributed by atoms with E-state index < -0.39 is 23.8 Å². The molecular formula is C21H22FNO5. The number of aromatic nitrogens is 1. The number of ether oxygens (including phenoxy) is 2. The molecule has 1 N–H and O–H groups in total. The minimum absolute atomic E-state index is 0.198. The van der Waals surface area contributed by atoms with Gasteiger partial charge in [0.25, 0.3) is 0 Å². The first kappa shape index (κ1) is 21.1. The predicted octanol–water partition coefficient (Wildman–Crippen LogP) is 3.78. The third kappa shape index (κ3) is 4.94. The van der Waals surface area contributed by atoms with E-state index >= 15 is 0 Å². The zero-order chi connectivity index (χ0) is 20.8. The van der Waals surface area contributed by atoms with E-state index in [0.29, 0.717) is 22.4 Å². The van der Waals surface area contributed by atoms with E-state index in [2.05, 4.69) is 4.98 Å². The van der Waals surface area contributed by atoms with Gasteiger partial charge < -0.3 is 14.5 Å². The molecule has 148 valence electrons. The van der Waals surface area contributed by atoms with Gasteiger partial charge in [-0.2, -0.15) is 0 Å². The number of nitrogens with one attached hydrogen (secondary N) is 1. The van der Waals surface area contributed by atoms with Gasteiger partial charge in [0.05, 0.1) is 17.9 Å². The quantitative estimate of drug-likeness (QED) is 0.444. The molecule has 1 aromatic heterocycles. The predicted molar refractivity (Wildman–Crippen MR) is 102 cm³/mol. The maximum absolute atomic E-state index is 12.9. The largest absolute Gasteiger partial charge is 0.462 e. The van der Waals surface area contributed by atoms with Crippen molar-refractivity contribution in [3.63, 3.8) is 0 Å². The van der Waals surface area contributed by atoms with Crippen molar-refractivity contribution < 1.29 is 28.2 Å². The van der Waals surface area contributed by atoms with Gasteiger partial charge in [-0.25, -0.2) is 14.0 Å². The fourth-order valence-corrected chi connectivity index (χ4v) is 2.71. The summed E-state index contributed by atoms with van der Waals surface area (Å²) in [5.74, 6) is -2.06. The van der Waals surface area contributed by atoms with Gasteiger partial charge in [-0.05, 0) is 57.0 Å². The van der Waals surface area contributed by atoms with Crippen LogP contribution in [0.25, 0.3) is 6.08 Å². The van der Waals surface area contributed by atoms with Crippen LogP contribution < -0.4 is 0 Å². The van der Waals surface area contributed by atoms with Crippen molar-refractivity contribution in [3.8, 4) is 0 Å². The Labute approximate surface area is 162 Å². The minimum atomic E-state index is -1.06. The van der Waals surface area contributed by atoms with Crippen molar-refractivity contribution >= 4 is 23.8 Å². The Hall–Kier alpha value is -3.22. The molecule has 0 radical (unpaired) electrons. The molecule has 0 aliphatic heterocycles. The lowest BCUT2D eigenvalue weighted by molar-refractivity contribution is -0.140. The number of H-pyrrole nitrogens is 1. The first-order valence-electron chi connectivity index (χ1n) is 8.79. The Morgan fingerprint density at radius 1 is 1.18 bits per heavy atom. The van der Waals surface area contributed by atoms with Gasteiger partial charge in [0.2, 0.25) is 5.78 Å². The molecule has 0 unspecified atom stereocenters. The number of aryl methyl sites for hydroxylation is 1. The van der Waals surface area contributed by atoms with Crippen LogP contribution in [0.2, 0.25) is 0 Å². The number of halogens is 1. The first-order valence-corrected chi connectivity index (χ1v) is 8.79. The molecule has 0 spiro atoms. The summed E-state index contributed by atoms with van der Waals surface area (Å²) in [6, 6.07) is 5.56. The SMILES string of the molecule is CCOC(=O)c1c(C)[nH]c(C(=O)[C@H](C)OC(=O)/C=C/c2ccc(F)cc2)c1C. The summed E-state index contributed by atoms with van der Waals surface area (Å²) in [6.45, 7) is 6.67. The molecule has 0 amide bonds. The van der Waals surface area contributed by atoms with Crippen LogP contribution in [0, 0.1) is 19.7 Å². The zero-order valence-corrected chi connectivity index (χ0v) is 16.2. The van der Waals surface area contributed by atoms with E-state index in [4.69, 9.17) is 9.47 Å². The number of hydrogen-bond acceptors (Lipinski definition) is 5. The van der Waals surface area contributed by atoms with Gasteiger partial charge in [0.15, 0.2) is 6.10 Å². The molecule has 0 aliphatic rings. The number of rotatable bonds is 7. The normalized spacial score (nSPS) is 12.0. The van der Waals surface area contributed by atoms with Gasteiger partial charge in [-0.3, -0.25) is 4.79 Å². The smallest absolute Gasteiger partial charge is 0.340 e. The molecule has 2 rings (SSSR count). The number of aromatic amines is 1. The van der Waals surface area contributed by atoms with Crippen LogP contribution in [0.5, 0.6) is 0 Å². The molecule has 0 aliphatic carbocycles. The minimum Gasteiger partial charge on any atom is -0.462 e. The monoisotopic (exact) mass is 387 g/mol. The van der Waals surface area contributed by atoms with Gasteiger partial charge in [0.1, 0.15) is 5.82 Å². The molecule has 2 aromatic rings. The molecule has 0 saturated heterocycles. The molecule has 1 aromatic carbocycles. The van der Waals surface area contributed by atoms with Crippen LogP contribution >= 0.6 is 0 Å². The molecule has 7 heteroatoms. The third-order valence-corrected chi connectivity index (χ3v) is 4.11. The summed E-state index contributed by atoms with van der Waals surface area (Å²) in [4.78, 5) is 39.5. The van der Waals surface area contributed by atoms with E-state index in [-0.39, 0.29) is 18.1 Å². The van der Waals surface area contributed by atoms with Gasteiger partial charge in [0, 0.05) is 11.8 Å². The standard InChI is InChI=1S/C21H22FNO5/c1-5-27-21(26)18-12(2)19(23-13(18)3)20(25)14(4)28-17(24)11-8-15-6-9-16(22)10-7-15/h6-11,14,23H,5H2,1-4H3/b11-8+/t14-/m0/s1. The van der Waals surface area contributed by atoms with E-state index in [1.807, 2.05) is 0 Å². The summed E-state index contributed by atoms with van der Waals surface area (Å²) >= 11 is 0. The maximum Gasteiger partial charge on any atom is 0.340 e. The molecule has 0 fully saturated rings. The number of Topliss-reactive ketones (excluding diaryl/α,β-unsaturated/α-hetero) is 1. The lowest BCUT2D eigenvalue weighted by Gasteiger charge is -2.10. The molecule has 1 atom stereocenters. The summed E-state index contributed by atoms with van der Waals surface area (Å²) in [6.07, 6.45) is 1.56. The second kappa shape index (κ2) is 9.12. The fourth-order valence-electron chi connectivity index (χ4n) is 2.71. The van der Waals surface area contributed by atoms with Crippen molar-refractivity contribution in [1.82, 2.24) is 4.98 Å². The summed E-state index contributed by atoms with van der Waals surface area (Å²) in [5, 5.41) is 0. The highest BCUT2D eigenvalue weighted by Gasteiger charge is 2.27. The van der Waals surface area contributed by atoms with E-state index in [1.54, 1.807) is 20.8 Å². The number of hydrogen-bond donors (Lipinski definition) is 1. The molecule has 0 bridgehead atoms. The average molecular weight is 387 g/mol. The Morgan fingerprint density at radius 2 is 1.82 bits per heavy atom. The van der Waals surface area contributed by atoms with E-state index in [9.17, 15) is 18.8 Å². The lowest BCUT2D eigenvalue weighted by atomic mass is 10.1. The van der Waals surface area contributed by atoms with Gasteiger partial charge in [-0.1, -0.05) is 12.1 Å². The van der Waals surface area contributed by atoms with Crippen LogP contribution in [-0.2, 0) is 14.3 Å². The highest BCUT2D eigenvalue weighted by Crippen LogP contribution is 2.21. The Kier molecular flexibility index (Phi) is 6.87. The first-order chi connectivity index (χ1) is 13.2. The van der Waals surface area contributed by atoms with Gasteiger partial charge in [-0.15, -0.1) is 0 Å². The molecule has 0 saturated carbocycles. The number of carbonyl (C=O) groups excluding carboxylic acids is 3. The summed E-state index contributed by atoms with van der Waals surface area (Å²) in [5.41, 5.74) is 2.08. The Balaban J connectivity index is 2.08. The van der Waals surface area contributed by atoms with E-state index in [1.165, 1.54) is 37.3 Å². The molecule has 1 heterocycles. The Bertz CT molecular complexity index is 912. The van der Waals surface area contributed by atoms with Crippen LogP contribution in [0.15, 0.2) is 30.3 Å². The highest BCUT2D eigenvalue weighted by molar-refractivity contribution is 6.04. The second-order valence-corrected chi connectivity index (χ2v) is 6.17. The number of benzene rings is 1. The molecule has 28 heavy (non-hydrogen) atoms. The number of carbonyl (C=O) groups is 3. The summed E-state index contributed by atoms with van der Waals surface area (Å²) < 4.78 is 23.0. The van der Waals surface area contributed by atoms with Crippen LogP contribution in [0.4, 0.5) is 4.39 Å². The Morgan fingerprint density at radius 3 is 2.43 bits per heavy atom. The maximum atomic E-state index is 12.9. The molecular weight excluding hydrogens is 365 g/mol. The van der Waals surface area contributed by atoms with Crippen molar-refractivity contribution in [2.24, 2.45) is 0 Å². The third-order valence-electron chi connectivity index (χ3n) is 4.11. The number of esters is 2. The fraction of sp³-hybridized carbons (Fsp3) is 0.286. The molecule has 6 nitrogen and oxygen atoms in total. The topological polar surface area (TPSA) is 85.5 Å².